The van der Waals surface area contributed by atoms with Crippen LogP contribution in [0.2, 0.25) is 0 Å². The average molecular weight is 308 g/mol. The van der Waals surface area contributed by atoms with Crippen LogP contribution < -0.4 is 10.2 Å². The second kappa shape index (κ2) is 6.86. The van der Waals surface area contributed by atoms with Crippen LogP contribution in [-0.4, -0.2) is 19.0 Å². The number of carbonyl (C=O) groups excluding carboxylic acids is 1. The first-order chi connectivity index (χ1) is 11.2. The maximum absolute atomic E-state index is 12.5. The molecule has 120 valence electrons. The molecule has 1 N–H and O–H groups in total. The van der Waals surface area contributed by atoms with Gasteiger partial charge in [0.2, 0.25) is 5.91 Å². The lowest BCUT2D eigenvalue weighted by Crippen LogP contribution is -2.30. The molecule has 1 aliphatic rings. The zero-order valence-electron chi connectivity index (χ0n) is 13.9. The van der Waals surface area contributed by atoms with Crippen LogP contribution in [0.5, 0.6) is 0 Å². The molecule has 0 aromatic heterocycles. The Labute approximate surface area is 138 Å². The fourth-order valence-corrected chi connectivity index (χ4v) is 3.20. The van der Waals surface area contributed by atoms with Crippen molar-refractivity contribution in [3.05, 3.63) is 59.7 Å². The minimum absolute atomic E-state index is 0.199. The molecule has 3 rings (SSSR count). The van der Waals surface area contributed by atoms with Gasteiger partial charge in [-0.15, -0.1) is 0 Å². The quantitative estimate of drug-likeness (QED) is 0.897. The van der Waals surface area contributed by atoms with Crippen LogP contribution in [-0.2, 0) is 11.2 Å². The molecule has 0 unspecified atom stereocenters. The zero-order valence-corrected chi connectivity index (χ0v) is 13.9. The molecule has 2 aromatic carbocycles. The first-order valence-corrected chi connectivity index (χ1v) is 8.38. The monoisotopic (exact) mass is 308 g/mol. The fourth-order valence-electron chi connectivity index (χ4n) is 3.20. The second-order valence-corrected chi connectivity index (χ2v) is 6.34. The van der Waals surface area contributed by atoms with Crippen LogP contribution >= 0.6 is 0 Å². The normalized spacial score (nSPS) is 13.3. The summed E-state index contributed by atoms with van der Waals surface area (Å²) in [5.74, 6) is 0.671. The number of hydrogen-bond donors (Lipinski definition) is 1. The second-order valence-electron chi connectivity index (χ2n) is 6.34. The first-order valence-electron chi connectivity index (χ1n) is 8.38. The standard InChI is InChI=1S/C20H24N2O/c1-15(2)17-8-4-5-9-18(17)21-13-11-20(23)22-14-12-16-7-3-6-10-19(16)22/h3-10,15,21H,11-14H2,1-2H3. The molecule has 0 saturated heterocycles. The molecule has 1 aliphatic heterocycles. The van der Waals surface area contributed by atoms with Gasteiger partial charge in [-0.25, -0.2) is 0 Å². The Morgan fingerprint density at radius 3 is 2.70 bits per heavy atom. The molecule has 2 aromatic rings. The molecule has 23 heavy (non-hydrogen) atoms. The summed E-state index contributed by atoms with van der Waals surface area (Å²) in [6.07, 6.45) is 1.48. The molecule has 3 heteroatoms. The maximum atomic E-state index is 12.5. The van der Waals surface area contributed by atoms with Crippen molar-refractivity contribution in [3.8, 4) is 0 Å². The van der Waals surface area contributed by atoms with Crippen LogP contribution in [0.1, 0.15) is 37.3 Å². The third kappa shape index (κ3) is 3.39. The topological polar surface area (TPSA) is 32.3 Å². The summed E-state index contributed by atoms with van der Waals surface area (Å²) in [4.78, 5) is 14.4. The number of hydrogen-bond acceptors (Lipinski definition) is 2. The Kier molecular flexibility index (Phi) is 4.65. The number of benzene rings is 2. The van der Waals surface area contributed by atoms with E-state index in [1.807, 2.05) is 29.2 Å². The third-order valence-corrected chi connectivity index (χ3v) is 4.43. The van der Waals surface area contributed by atoms with E-state index in [0.717, 1.165) is 24.3 Å². The van der Waals surface area contributed by atoms with Gasteiger partial charge in [0.1, 0.15) is 0 Å². The van der Waals surface area contributed by atoms with Gasteiger partial charge in [-0.2, -0.15) is 0 Å². The van der Waals surface area contributed by atoms with E-state index < -0.39 is 0 Å². The molecule has 1 amide bonds. The van der Waals surface area contributed by atoms with Crippen molar-refractivity contribution in [1.82, 2.24) is 0 Å². The van der Waals surface area contributed by atoms with E-state index in [2.05, 4.69) is 43.4 Å². The van der Waals surface area contributed by atoms with E-state index in [9.17, 15) is 4.79 Å². The molecule has 0 radical (unpaired) electrons. The van der Waals surface area contributed by atoms with Crippen LogP contribution in [0.3, 0.4) is 0 Å². The van der Waals surface area contributed by atoms with E-state index in [0.29, 0.717) is 18.9 Å². The SMILES string of the molecule is CC(C)c1ccccc1NCCC(=O)N1CCc2ccccc21. The minimum atomic E-state index is 0.199. The lowest BCUT2D eigenvalue weighted by atomic mass is 10.0. The van der Waals surface area contributed by atoms with E-state index in [1.54, 1.807) is 0 Å². The van der Waals surface area contributed by atoms with Crippen LogP contribution in [0, 0.1) is 0 Å². The summed E-state index contributed by atoms with van der Waals surface area (Å²) < 4.78 is 0. The smallest absolute Gasteiger partial charge is 0.228 e. The van der Waals surface area contributed by atoms with E-state index >= 15 is 0 Å². The van der Waals surface area contributed by atoms with Crippen LogP contribution in [0.25, 0.3) is 0 Å². The van der Waals surface area contributed by atoms with Gasteiger partial charge < -0.3 is 10.2 Å². The van der Waals surface area contributed by atoms with Crippen molar-refractivity contribution in [3.63, 3.8) is 0 Å². The zero-order chi connectivity index (χ0) is 16.2. The molecule has 0 spiro atoms. The van der Waals surface area contributed by atoms with Crippen molar-refractivity contribution in [2.45, 2.75) is 32.6 Å². The van der Waals surface area contributed by atoms with Crippen molar-refractivity contribution in [2.75, 3.05) is 23.3 Å². The Balaban J connectivity index is 1.59. The Morgan fingerprint density at radius 1 is 1.13 bits per heavy atom. The number of nitrogens with zero attached hydrogens (tertiary/aromatic N) is 1. The summed E-state index contributed by atoms with van der Waals surface area (Å²) in [6, 6.07) is 16.5. The predicted molar refractivity (Wildman–Crippen MR) is 96.1 cm³/mol. The molecule has 0 saturated carbocycles. The van der Waals surface area contributed by atoms with Gasteiger partial charge in [-0.1, -0.05) is 50.2 Å². The number of para-hydroxylation sites is 2. The van der Waals surface area contributed by atoms with Crippen molar-refractivity contribution in [2.24, 2.45) is 0 Å². The highest BCUT2D eigenvalue weighted by atomic mass is 16.2. The predicted octanol–water partition coefficient (Wildman–Crippen LogP) is 4.20. The summed E-state index contributed by atoms with van der Waals surface area (Å²) in [5, 5.41) is 3.43. The maximum Gasteiger partial charge on any atom is 0.228 e. The van der Waals surface area contributed by atoms with Crippen molar-refractivity contribution < 1.29 is 4.79 Å². The number of carbonyl (C=O) groups is 1. The first kappa shape index (κ1) is 15.6. The highest BCUT2D eigenvalue weighted by Crippen LogP contribution is 2.28. The molecule has 0 atom stereocenters. The van der Waals surface area contributed by atoms with Crippen LogP contribution in [0.15, 0.2) is 48.5 Å². The number of fused-ring (bicyclic) bond motifs is 1. The van der Waals surface area contributed by atoms with Gasteiger partial charge >= 0.3 is 0 Å². The van der Waals surface area contributed by atoms with Crippen LogP contribution in [0.4, 0.5) is 11.4 Å². The minimum Gasteiger partial charge on any atom is -0.384 e. The van der Waals surface area contributed by atoms with Gasteiger partial charge in [0.25, 0.3) is 0 Å². The summed E-state index contributed by atoms with van der Waals surface area (Å²) in [6.45, 7) is 5.85. The highest BCUT2D eigenvalue weighted by molar-refractivity contribution is 5.95. The lowest BCUT2D eigenvalue weighted by molar-refractivity contribution is -0.118. The Morgan fingerprint density at radius 2 is 1.87 bits per heavy atom. The third-order valence-electron chi connectivity index (χ3n) is 4.43. The summed E-state index contributed by atoms with van der Waals surface area (Å²) >= 11 is 0. The molecule has 3 nitrogen and oxygen atoms in total. The van der Waals surface area contributed by atoms with Gasteiger partial charge in [0, 0.05) is 30.9 Å². The molecule has 0 bridgehead atoms. The largest absolute Gasteiger partial charge is 0.384 e. The van der Waals surface area contributed by atoms with Crippen molar-refractivity contribution >= 4 is 17.3 Å². The number of nitrogens with one attached hydrogen (secondary N) is 1. The van der Waals surface area contributed by atoms with E-state index in [1.165, 1.54) is 11.1 Å². The summed E-state index contributed by atoms with van der Waals surface area (Å²) in [5.41, 5.74) is 4.79. The number of amides is 1. The Bertz CT molecular complexity index is 694. The number of anilines is 2. The molecular weight excluding hydrogens is 284 g/mol. The summed E-state index contributed by atoms with van der Waals surface area (Å²) in [7, 11) is 0. The van der Waals surface area contributed by atoms with Gasteiger partial charge in [0.05, 0.1) is 0 Å². The lowest BCUT2D eigenvalue weighted by Gasteiger charge is -2.18. The molecule has 0 fully saturated rings. The average Bonchev–Trinajstić information content (AvgIpc) is 2.99. The van der Waals surface area contributed by atoms with E-state index in [4.69, 9.17) is 0 Å². The highest BCUT2D eigenvalue weighted by Gasteiger charge is 2.23. The van der Waals surface area contributed by atoms with Gasteiger partial charge in [0.15, 0.2) is 0 Å². The van der Waals surface area contributed by atoms with Gasteiger partial charge in [-0.05, 0) is 35.6 Å². The van der Waals surface area contributed by atoms with Crippen molar-refractivity contribution in [1.29, 1.82) is 0 Å². The molecule has 0 aliphatic carbocycles. The van der Waals surface area contributed by atoms with Gasteiger partial charge in [-0.3, -0.25) is 4.79 Å². The Hall–Kier alpha value is -2.29. The fraction of sp³-hybridized carbons (Fsp3) is 0.350. The molecular formula is C20H24N2O. The number of rotatable bonds is 5. The molecule has 1 heterocycles. The van der Waals surface area contributed by atoms with E-state index in [-0.39, 0.29) is 5.91 Å².